The van der Waals surface area contributed by atoms with Gasteiger partial charge in [0.15, 0.2) is 5.75 Å². The number of rotatable bonds is 3. The van der Waals surface area contributed by atoms with Gasteiger partial charge in [0.2, 0.25) is 11.7 Å². The molecular weight excluding hydrogens is 272 g/mol. The highest BCUT2D eigenvalue weighted by Gasteiger charge is 2.17. The molecule has 1 aliphatic heterocycles. The average Bonchev–Trinajstić information content (AvgIpc) is 2.47. The molecule has 0 aliphatic carbocycles. The summed E-state index contributed by atoms with van der Waals surface area (Å²) in [4.78, 5) is 14.1. The number of hydrogen-bond donors (Lipinski definition) is 2. The van der Waals surface area contributed by atoms with Crippen LogP contribution in [0.3, 0.4) is 0 Å². The van der Waals surface area contributed by atoms with Crippen LogP contribution in [-0.2, 0) is 6.42 Å². The number of nitro groups is 1. The molecule has 0 spiro atoms. The summed E-state index contributed by atoms with van der Waals surface area (Å²) in [7, 11) is 0. The number of nitrogen functional groups attached to an aromatic ring is 1. The summed E-state index contributed by atoms with van der Waals surface area (Å²) >= 11 is 0. The second-order valence-electron chi connectivity index (χ2n) is 4.73. The number of nitrogens with zero attached hydrogens (tertiary/aromatic N) is 2. The largest absolute Gasteiger partial charge is 0.437 e. The first kappa shape index (κ1) is 13.2. The first-order chi connectivity index (χ1) is 10.1. The standard InChI is InChI=1S/C14H14N4O3/c15-14-10(18(19)20)6-7-12(17-14)21-11-5-1-3-9-4-2-8-16-13(9)11/h1,3,5-7,16H,2,4,8H2,(H2,15,17). The smallest absolute Gasteiger partial charge is 0.311 e. The van der Waals surface area contributed by atoms with Gasteiger partial charge in [0.05, 0.1) is 10.6 Å². The topological polar surface area (TPSA) is 103 Å². The molecule has 21 heavy (non-hydrogen) atoms. The summed E-state index contributed by atoms with van der Waals surface area (Å²) in [5.41, 5.74) is 7.47. The number of ether oxygens (including phenoxy) is 1. The molecule has 1 aromatic carbocycles. The van der Waals surface area contributed by atoms with E-state index in [0.717, 1.165) is 25.1 Å². The molecule has 2 heterocycles. The first-order valence-electron chi connectivity index (χ1n) is 6.59. The molecule has 7 heteroatoms. The number of benzene rings is 1. The minimum Gasteiger partial charge on any atom is -0.437 e. The Balaban J connectivity index is 1.91. The molecule has 3 N–H and O–H groups in total. The van der Waals surface area contributed by atoms with E-state index in [1.807, 2.05) is 18.2 Å². The van der Waals surface area contributed by atoms with Crippen LogP contribution in [0.2, 0.25) is 0 Å². The van der Waals surface area contributed by atoms with E-state index >= 15 is 0 Å². The van der Waals surface area contributed by atoms with Gasteiger partial charge in [-0.25, -0.2) is 0 Å². The molecule has 0 fully saturated rings. The SMILES string of the molecule is Nc1nc(Oc2cccc3c2NCCC3)ccc1[N+](=O)[O-]. The van der Waals surface area contributed by atoms with Crippen LogP contribution >= 0.6 is 0 Å². The van der Waals surface area contributed by atoms with Crippen LogP contribution in [0.4, 0.5) is 17.2 Å². The fraction of sp³-hybridized carbons (Fsp3) is 0.214. The van der Waals surface area contributed by atoms with E-state index < -0.39 is 4.92 Å². The average molecular weight is 286 g/mol. The number of aromatic nitrogens is 1. The van der Waals surface area contributed by atoms with Gasteiger partial charge < -0.3 is 15.8 Å². The van der Waals surface area contributed by atoms with Gasteiger partial charge in [-0.2, -0.15) is 4.98 Å². The van der Waals surface area contributed by atoms with Crippen molar-refractivity contribution in [2.45, 2.75) is 12.8 Å². The van der Waals surface area contributed by atoms with Gasteiger partial charge in [-0.05, 0) is 24.5 Å². The van der Waals surface area contributed by atoms with Gasteiger partial charge in [-0.1, -0.05) is 12.1 Å². The number of para-hydroxylation sites is 1. The van der Waals surface area contributed by atoms with Gasteiger partial charge in [-0.3, -0.25) is 10.1 Å². The van der Waals surface area contributed by atoms with E-state index in [1.54, 1.807) is 0 Å². The Morgan fingerprint density at radius 1 is 1.33 bits per heavy atom. The Morgan fingerprint density at radius 2 is 2.19 bits per heavy atom. The van der Waals surface area contributed by atoms with Crippen LogP contribution in [0.15, 0.2) is 30.3 Å². The number of nitrogens with one attached hydrogen (secondary N) is 1. The minimum atomic E-state index is -0.571. The van der Waals surface area contributed by atoms with Crippen molar-refractivity contribution in [3.05, 3.63) is 46.0 Å². The molecule has 0 bridgehead atoms. The fourth-order valence-electron chi connectivity index (χ4n) is 2.34. The van der Waals surface area contributed by atoms with E-state index in [4.69, 9.17) is 10.5 Å². The van der Waals surface area contributed by atoms with Crippen LogP contribution in [0, 0.1) is 10.1 Å². The molecular formula is C14H14N4O3. The van der Waals surface area contributed by atoms with Crippen molar-refractivity contribution in [3.63, 3.8) is 0 Å². The molecule has 3 rings (SSSR count). The van der Waals surface area contributed by atoms with Gasteiger partial charge in [0, 0.05) is 18.7 Å². The first-order valence-corrected chi connectivity index (χ1v) is 6.59. The van der Waals surface area contributed by atoms with E-state index in [-0.39, 0.29) is 17.4 Å². The quantitative estimate of drug-likeness (QED) is 0.664. The highest BCUT2D eigenvalue weighted by Crippen LogP contribution is 2.35. The molecule has 0 saturated carbocycles. The zero-order valence-electron chi connectivity index (χ0n) is 11.2. The lowest BCUT2D eigenvalue weighted by atomic mass is 10.0. The highest BCUT2D eigenvalue weighted by molar-refractivity contribution is 5.64. The lowest BCUT2D eigenvalue weighted by Crippen LogP contribution is -2.12. The predicted molar refractivity (Wildman–Crippen MR) is 78.6 cm³/mol. The van der Waals surface area contributed by atoms with Gasteiger partial charge in [-0.15, -0.1) is 0 Å². The number of fused-ring (bicyclic) bond motifs is 1. The number of hydrogen-bond acceptors (Lipinski definition) is 6. The Bertz CT molecular complexity index is 703. The zero-order valence-corrected chi connectivity index (χ0v) is 11.2. The molecule has 108 valence electrons. The Kier molecular flexibility index (Phi) is 3.31. The van der Waals surface area contributed by atoms with Crippen LogP contribution < -0.4 is 15.8 Å². The van der Waals surface area contributed by atoms with E-state index in [0.29, 0.717) is 5.75 Å². The Morgan fingerprint density at radius 3 is 2.95 bits per heavy atom. The third-order valence-corrected chi connectivity index (χ3v) is 3.33. The van der Waals surface area contributed by atoms with Crippen molar-refractivity contribution in [2.24, 2.45) is 0 Å². The molecule has 1 aromatic heterocycles. The van der Waals surface area contributed by atoms with Crippen LogP contribution in [0.25, 0.3) is 0 Å². The normalized spacial score (nSPS) is 13.1. The van der Waals surface area contributed by atoms with Crippen molar-refractivity contribution in [1.82, 2.24) is 4.98 Å². The van der Waals surface area contributed by atoms with Crippen molar-refractivity contribution in [1.29, 1.82) is 0 Å². The van der Waals surface area contributed by atoms with Crippen LogP contribution in [0.5, 0.6) is 11.6 Å². The molecule has 0 radical (unpaired) electrons. The van der Waals surface area contributed by atoms with Crippen molar-refractivity contribution in [2.75, 3.05) is 17.6 Å². The van der Waals surface area contributed by atoms with Gasteiger partial charge >= 0.3 is 5.69 Å². The van der Waals surface area contributed by atoms with E-state index in [2.05, 4.69) is 10.3 Å². The number of pyridine rings is 1. The maximum Gasteiger partial charge on any atom is 0.311 e. The lowest BCUT2D eigenvalue weighted by Gasteiger charge is -2.20. The zero-order chi connectivity index (χ0) is 14.8. The monoisotopic (exact) mass is 286 g/mol. The molecule has 2 aromatic rings. The number of aryl methyl sites for hydroxylation is 1. The van der Waals surface area contributed by atoms with Crippen molar-refractivity contribution < 1.29 is 9.66 Å². The third kappa shape index (κ3) is 2.58. The molecule has 0 unspecified atom stereocenters. The summed E-state index contributed by atoms with van der Waals surface area (Å²) < 4.78 is 5.72. The highest BCUT2D eigenvalue weighted by atomic mass is 16.6. The number of anilines is 2. The molecule has 0 saturated heterocycles. The lowest BCUT2D eigenvalue weighted by molar-refractivity contribution is -0.384. The molecule has 1 aliphatic rings. The summed E-state index contributed by atoms with van der Waals surface area (Å²) in [6.07, 6.45) is 2.08. The summed E-state index contributed by atoms with van der Waals surface area (Å²) in [6.45, 7) is 0.892. The minimum absolute atomic E-state index is 0.157. The van der Waals surface area contributed by atoms with Crippen LogP contribution in [0.1, 0.15) is 12.0 Å². The summed E-state index contributed by atoms with van der Waals surface area (Å²) in [5.74, 6) is 0.724. The summed E-state index contributed by atoms with van der Waals surface area (Å²) in [5, 5.41) is 14.0. The Labute approximate surface area is 120 Å². The third-order valence-electron chi connectivity index (χ3n) is 3.33. The van der Waals surface area contributed by atoms with Crippen LogP contribution in [-0.4, -0.2) is 16.5 Å². The molecule has 0 atom stereocenters. The predicted octanol–water partition coefficient (Wildman–Crippen LogP) is 2.72. The van der Waals surface area contributed by atoms with E-state index in [1.165, 1.54) is 17.7 Å². The second kappa shape index (κ2) is 5.28. The Hall–Kier alpha value is -2.83. The maximum atomic E-state index is 10.7. The maximum absolute atomic E-state index is 10.7. The second-order valence-corrected chi connectivity index (χ2v) is 4.73. The van der Waals surface area contributed by atoms with Crippen molar-refractivity contribution in [3.8, 4) is 11.6 Å². The van der Waals surface area contributed by atoms with Crippen molar-refractivity contribution >= 4 is 17.2 Å². The van der Waals surface area contributed by atoms with Gasteiger partial charge in [0.25, 0.3) is 0 Å². The van der Waals surface area contributed by atoms with E-state index in [9.17, 15) is 10.1 Å². The molecule has 0 amide bonds. The number of nitrogens with two attached hydrogens (primary N) is 1. The molecule has 7 nitrogen and oxygen atoms in total. The fourth-order valence-corrected chi connectivity index (χ4v) is 2.34. The van der Waals surface area contributed by atoms with Gasteiger partial charge in [0.1, 0.15) is 0 Å². The summed E-state index contributed by atoms with van der Waals surface area (Å²) in [6, 6.07) is 8.52.